The van der Waals surface area contributed by atoms with Gasteiger partial charge in [-0.15, -0.1) is 5.06 Å². The summed E-state index contributed by atoms with van der Waals surface area (Å²) in [7, 11) is 4.10. The number of fused-ring (bicyclic) bond motifs is 5. The smallest absolute Gasteiger partial charge is 0.351 e. The number of carbonyl (C=O) groups is 1. The van der Waals surface area contributed by atoms with E-state index < -0.39 is 0 Å². The van der Waals surface area contributed by atoms with E-state index in [9.17, 15) is 4.79 Å². The molecule has 3 fully saturated rings. The molecule has 7 nitrogen and oxygen atoms in total. The third-order valence-electron chi connectivity index (χ3n) is 11.9. The number of hydrogen-bond donors (Lipinski definition) is 1. The van der Waals surface area contributed by atoms with Crippen LogP contribution in [0, 0.1) is 28.6 Å². The Morgan fingerprint density at radius 2 is 1.93 bits per heavy atom. The van der Waals surface area contributed by atoms with Gasteiger partial charge in [0, 0.05) is 52.2 Å². The maximum Gasteiger partial charge on any atom is 0.426 e. The fraction of sp³-hybridized carbons (Fsp3) is 0.706. The number of carbonyl (C=O) groups excluding carboxylic acids is 1. The maximum absolute atomic E-state index is 12.6. The van der Waals surface area contributed by atoms with Crippen LogP contribution in [0.2, 0.25) is 0 Å². The minimum absolute atomic E-state index is 0.157. The molecule has 6 rings (SSSR count). The topological polar surface area (TPSA) is 60.9 Å². The van der Waals surface area contributed by atoms with Gasteiger partial charge in [0.1, 0.15) is 0 Å². The summed E-state index contributed by atoms with van der Waals surface area (Å²) in [6, 6.07) is 4.48. The normalized spacial score (nSPS) is 35.6. The van der Waals surface area contributed by atoms with Crippen LogP contribution in [0.15, 0.2) is 42.3 Å². The van der Waals surface area contributed by atoms with Crippen molar-refractivity contribution in [1.29, 1.82) is 0 Å². The molecule has 41 heavy (non-hydrogen) atoms. The first kappa shape index (κ1) is 28.9. The first-order valence-electron chi connectivity index (χ1n) is 16.2. The molecule has 2 saturated carbocycles. The van der Waals surface area contributed by atoms with E-state index in [1.807, 2.05) is 13.2 Å². The summed E-state index contributed by atoms with van der Waals surface area (Å²) in [5, 5.41) is 4.77. The zero-order valence-electron chi connectivity index (χ0n) is 25.8. The lowest BCUT2D eigenvalue weighted by atomic mass is 9.46. The number of aromatic nitrogens is 1. The number of hydrogen-bond acceptors (Lipinski definition) is 6. The fourth-order valence-electron chi connectivity index (χ4n) is 9.33. The average molecular weight is 562 g/mol. The Labute approximate surface area is 247 Å². The zero-order valence-corrected chi connectivity index (χ0v) is 25.8. The van der Waals surface area contributed by atoms with Gasteiger partial charge in [-0.3, -0.25) is 4.98 Å². The monoisotopic (exact) mass is 561 g/mol. The van der Waals surface area contributed by atoms with Gasteiger partial charge in [-0.2, -0.15) is 0 Å². The Bertz CT molecular complexity index is 1150. The first-order valence-corrected chi connectivity index (χ1v) is 16.2. The highest BCUT2D eigenvalue weighted by Gasteiger charge is 2.57. The molecule has 6 atom stereocenters. The Morgan fingerprint density at radius 3 is 2.71 bits per heavy atom. The number of nitrogens with zero attached hydrogens (tertiary/aromatic N) is 4. The van der Waals surface area contributed by atoms with Crippen LogP contribution < -0.4 is 5.32 Å². The predicted octanol–water partition coefficient (Wildman–Crippen LogP) is 5.62. The SMILES string of the molecule is CN1CCN(CCCNC(=O)ON(C)C2C=C3CC[C@H]4[C@H](CC[C@]5(C)C(c6cccnc6)=CC[C@@H]45)[C@@]3(C)CC2)CC1. The Morgan fingerprint density at radius 1 is 1.12 bits per heavy atom. The summed E-state index contributed by atoms with van der Waals surface area (Å²) >= 11 is 0. The first-order chi connectivity index (χ1) is 19.8. The van der Waals surface area contributed by atoms with Gasteiger partial charge in [0.15, 0.2) is 0 Å². The number of likely N-dealkylation sites (N-methyl/N-ethyl adjacent to an activating group) is 2. The summed E-state index contributed by atoms with van der Waals surface area (Å²) in [5.74, 6) is 2.26. The van der Waals surface area contributed by atoms with E-state index in [0.29, 0.717) is 6.54 Å². The standard InChI is InChI=1S/C34H51N5O2/c1-33-14-12-27(38(4)41-32(40)36-17-6-18-39-21-19-37(3)20-22-39)23-26(33)8-9-28-30-11-10-29(25-7-5-16-35-24-25)34(30,2)15-13-31(28)33/h5,7,10,16,23-24,27-28,30-31H,6,8-9,11-15,17-22H2,1-4H3,(H,36,40)/t27?,28-,30+,31+,33+,34-/m1/s1. The molecule has 0 spiro atoms. The molecule has 7 heteroatoms. The number of hydroxylamine groups is 2. The van der Waals surface area contributed by atoms with Crippen molar-refractivity contribution in [3.8, 4) is 0 Å². The van der Waals surface area contributed by atoms with Crippen molar-refractivity contribution < 1.29 is 9.63 Å². The van der Waals surface area contributed by atoms with Crippen LogP contribution in [0.25, 0.3) is 5.57 Å². The van der Waals surface area contributed by atoms with Crippen molar-refractivity contribution in [2.24, 2.45) is 28.6 Å². The Hall–Kier alpha value is -2.22. The van der Waals surface area contributed by atoms with Gasteiger partial charge in [0.05, 0.1) is 6.04 Å². The van der Waals surface area contributed by atoms with E-state index in [1.54, 1.807) is 16.2 Å². The van der Waals surface area contributed by atoms with E-state index in [4.69, 9.17) is 4.84 Å². The molecule has 2 heterocycles. The van der Waals surface area contributed by atoms with Crippen LogP contribution in [0.1, 0.15) is 70.8 Å². The van der Waals surface area contributed by atoms with Gasteiger partial charge in [-0.1, -0.05) is 37.6 Å². The number of amides is 1. The Balaban J connectivity index is 1.02. The minimum Gasteiger partial charge on any atom is -0.351 e. The number of nitrogens with one attached hydrogen (secondary N) is 1. The van der Waals surface area contributed by atoms with Crippen LogP contribution in [0.4, 0.5) is 4.79 Å². The molecule has 1 amide bonds. The van der Waals surface area contributed by atoms with Crippen LogP contribution in [-0.2, 0) is 4.84 Å². The van der Waals surface area contributed by atoms with Crippen molar-refractivity contribution in [2.45, 2.75) is 71.3 Å². The minimum atomic E-state index is -0.328. The number of rotatable bonds is 7. The highest BCUT2D eigenvalue weighted by atomic mass is 16.7. The van der Waals surface area contributed by atoms with Crippen molar-refractivity contribution in [3.05, 3.63) is 47.8 Å². The second-order valence-corrected chi connectivity index (χ2v) is 14.0. The molecule has 0 radical (unpaired) electrons. The summed E-state index contributed by atoms with van der Waals surface area (Å²) in [6.45, 7) is 11.3. The second kappa shape index (κ2) is 11.8. The summed E-state index contributed by atoms with van der Waals surface area (Å²) in [6.07, 6.45) is 18.0. The molecule has 1 saturated heterocycles. The van der Waals surface area contributed by atoms with Crippen molar-refractivity contribution >= 4 is 11.7 Å². The van der Waals surface area contributed by atoms with Crippen LogP contribution in [0.5, 0.6) is 0 Å². The summed E-state index contributed by atoms with van der Waals surface area (Å²) < 4.78 is 0. The molecule has 0 bridgehead atoms. The Kier molecular flexibility index (Phi) is 8.32. The average Bonchev–Trinajstić information content (AvgIpc) is 3.33. The van der Waals surface area contributed by atoms with E-state index in [-0.39, 0.29) is 23.0 Å². The third-order valence-corrected chi connectivity index (χ3v) is 11.9. The number of piperazine rings is 1. The molecule has 1 aromatic rings. The summed E-state index contributed by atoms with van der Waals surface area (Å²) in [5.41, 5.74) is 5.01. The van der Waals surface area contributed by atoms with Gasteiger partial charge in [-0.05, 0) is 111 Å². The van der Waals surface area contributed by atoms with E-state index in [1.165, 1.54) is 44.1 Å². The lowest BCUT2D eigenvalue weighted by Crippen LogP contribution is -2.51. The molecule has 1 unspecified atom stereocenters. The lowest BCUT2D eigenvalue weighted by Gasteiger charge is -2.58. The third kappa shape index (κ3) is 5.62. The highest BCUT2D eigenvalue weighted by Crippen LogP contribution is 2.66. The lowest BCUT2D eigenvalue weighted by molar-refractivity contribution is -0.108. The quantitative estimate of drug-likeness (QED) is 0.265. The maximum atomic E-state index is 12.6. The van der Waals surface area contributed by atoms with Gasteiger partial charge in [-0.25, -0.2) is 4.79 Å². The van der Waals surface area contributed by atoms with Gasteiger partial charge in [0.25, 0.3) is 0 Å². The van der Waals surface area contributed by atoms with E-state index >= 15 is 0 Å². The van der Waals surface area contributed by atoms with Crippen LogP contribution in [-0.4, -0.2) is 85.3 Å². The van der Waals surface area contributed by atoms with Gasteiger partial charge < -0.3 is 20.0 Å². The second-order valence-electron chi connectivity index (χ2n) is 14.0. The molecule has 4 aliphatic carbocycles. The largest absolute Gasteiger partial charge is 0.426 e. The zero-order chi connectivity index (χ0) is 28.6. The summed E-state index contributed by atoms with van der Waals surface area (Å²) in [4.78, 5) is 27.6. The number of allylic oxidation sites excluding steroid dienone is 3. The van der Waals surface area contributed by atoms with Crippen molar-refractivity contribution in [2.75, 3.05) is 53.4 Å². The van der Waals surface area contributed by atoms with E-state index in [2.05, 4.69) is 71.5 Å². The molecular formula is C34H51N5O2. The molecular weight excluding hydrogens is 510 g/mol. The van der Waals surface area contributed by atoms with Crippen LogP contribution in [0.3, 0.4) is 0 Å². The van der Waals surface area contributed by atoms with E-state index in [0.717, 1.165) is 63.3 Å². The molecule has 1 aromatic heterocycles. The molecule has 5 aliphatic rings. The predicted molar refractivity (Wildman–Crippen MR) is 164 cm³/mol. The molecule has 1 N–H and O–H groups in total. The van der Waals surface area contributed by atoms with Gasteiger partial charge in [0.2, 0.25) is 0 Å². The van der Waals surface area contributed by atoms with Crippen molar-refractivity contribution in [1.82, 2.24) is 25.2 Å². The van der Waals surface area contributed by atoms with Gasteiger partial charge >= 0.3 is 6.09 Å². The molecule has 0 aromatic carbocycles. The highest BCUT2D eigenvalue weighted by molar-refractivity contribution is 5.72. The molecule has 1 aliphatic heterocycles. The molecule has 224 valence electrons. The van der Waals surface area contributed by atoms with Crippen molar-refractivity contribution in [3.63, 3.8) is 0 Å². The fourth-order valence-corrected chi connectivity index (χ4v) is 9.33. The number of pyridine rings is 1. The van der Waals surface area contributed by atoms with Crippen LogP contribution >= 0.6 is 0 Å².